The summed E-state index contributed by atoms with van der Waals surface area (Å²) in [7, 11) is 1.65. The van der Waals surface area contributed by atoms with Gasteiger partial charge in [-0.3, -0.25) is 11.3 Å². The number of rotatable bonds is 0. The number of thiol groups is 1. The van der Waals surface area contributed by atoms with E-state index in [9.17, 15) is 0 Å². The summed E-state index contributed by atoms with van der Waals surface area (Å²) in [6.07, 6.45) is 0. The van der Waals surface area contributed by atoms with Crippen LogP contribution in [0.2, 0.25) is 0 Å². The molecule has 6 heavy (non-hydrogen) atoms. The van der Waals surface area contributed by atoms with Gasteiger partial charge in [0.2, 0.25) is 0 Å². The quantitative estimate of drug-likeness (QED) is 0.168. The number of nitriles is 1. The average molecular weight is 105 g/mol. The molecule has 0 aliphatic carbocycles. The van der Waals surface area contributed by atoms with Gasteiger partial charge in [-0.1, -0.05) is 12.6 Å². The maximum absolute atomic E-state index is 7.18. The van der Waals surface area contributed by atoms with Crippen LogP contribution in [0.25, 0.3) is 0 Å². The van der Waals surface area contributed by atoms with Gasteiger partial charge in [0.05, 0.1) is 0 Å². The van der Waals surface area contributed by atoms with E-state index in [2.05, 4.69) is 23.9 Å². The molecule has 0 aliphatic heterocycles. The average Bonchev–Trinajstić information content (AvgIpc) is 1.39. The Labute approximate surface area is 42.5 Å². The van der Waals surface area contributed by atoms with Gasteiger partial charge in [0.15, 0.2) is 0 Å². The summed E-state index contributed by atoms with van der Waals surface area (Å²) < 4.78 is 0. The lowest BCUT2D eigenvalue weighted by Gasteiger charge is -1.62. The van der Waals surface area contributed by atoms with Crippen LogP contribution in [-0.4, -0.2) is 7.05 Å². The largest absolute Gasteiger partial charge is 0.272 e. The fraction of sp³-hybridized carbons (Fsp3) is 0.500. The number of thiocyanates is 1. The highest BCUT2D eigenvalue weighted by molar-refractivity contribution is 7.85. The predicted molar refractivity (Wildman–Crippen MR) is 27.8 cm³/mol. The van der Waals surface area contributed by atoms with E-state index in [1.807, 2.05) is 0 Å². The molecule has 0 aromatic rings. The maximum atomic E-state index is 7.18. The number of hydrazine groups is 1. The van der Waals surface area contributed by atoms with Crippen molar-refractivity contribution in [3.63, 3.8) is 0 Å². The Kier molecular flexibility index (Phi) is 33.4. The molecule has 36 valence electrons. The van der Waals surface area contributed by atoms with Gasteiger partial charge in [0.1, 0.15) is 5.40 Å². The third-order valence-corrected chi connectivity index (χ3v) is 0. The summed E-state index contributed by atoms with van der Waals surface area (Å²) in [6, 6.07) is 0. The first kappa shape index (κ1) is 9.23. The van der Waals surface area contributed by atoms with E-state index in [1.54, 1.807) is 7.05 Å². The molecule has 3 N–H and O–H groups in total. The van der Waals surface area contributed by atoms with Crippen molar-refractivity contribution in [3.8, 4) is 5.40 Å². The van der Waals surface area contributed by atoms with Crippen molar-refractivity contribution in [2.75, 3.05) is 7.05 Å². The van der Waals surface area contributed by atoms with Gasteiger partial charge >= 0.3 is 0 Å². The van der Waals surface area contributed by atoms with Gasteiger partial charge in [0, 0.05) is 0 Å². The Morgan fingerprint density at radius 1 is 2.00 bits per heavy atom. The van der Waals surface area contributed by atoms with Crippen molar-refractivity contribution >= 4 is 12.6 Å². The van der Waals surface area contributed by atoms with Gasteiger partial charge in [-0.05, 0) is 7.05 Å². The molecule has 0 radical (unpaired) electrons. The highest BCUT2D eigenvalue weighted by atomic mass is 32.1. The van der Waals surface area contributed by atoms with Crippen LogP contribution < -0.4 is 11.3 Å². The standard InChI is InChI=1S/CH6N2.CHNS/c1-3-2;2-1-3/h3H,2H2,1H3;3H. The molecule has 0 atom stereocenters. The van der Waals surface area contributed by atoms with Crippen molar-refractivity contribution in [1.82, 2.24) is 5.43 Å². The van der Waals surface area contributed by atoms with E-state index in [0.29, 0.717) is 0 Å². The maximum Gasteiger partial charge on any atom is 0.130 e. The molecule has 0 spiro atoms. The fourth-order valence-electron chi connectivity index (χ4n) is 0. The molecule has 0 heterocycles. The van der Waals surface area contributed by atoms with Gasteiger partial charge in [-0.2, -0.15) is 5.26 Å². The zero-order valence-electron chi connectivity index (χ0n) is 3.47. The van der Waals surface area contributed by atoms with Crippen LogP contribution >= 0.6 is 12.6 Å². The zero-order chi connectivity index (χ0) is 5.41. The molecular formula is C2H7N3S. The Bertz CT molecular complexity index is 38.5. The summed E-state index contributed by atoms with van der Waals surface area (Å²) in [5, 5.41) is 8.63. The highest BCUT2D eigenvalue weighted by Gasteiger charge is 1.22. The first-order valence-corrected chi connectivity index (χ1v) is 1.68. The van der Waals surface area contributed by atoms with E-state index in [-0.39, 0.29) is 0 Å². The van der Waals surface area contributed by atoms with Crippen LogP contribution in [0, 0.1) is 10.7 Å². The molecule has 0 saturated heterocycles. The number of nitrogens with zero attached hydrogens (tertiary/aromatic N) is 1. The third-order valence-electron chi connectivity index (χ3n) is 0. The SMILES string of the molecule is CNN.N#CS. The zero-order valence-corrected chi connectivity index (χ0v) is 4.37. The van der Waals surface area contributed by atoms with Crippen molar-refractivity contribution < 1.29 is 0 Å². The second-order valence-corrected chi connectivity index (χ2v) is 0.589. The molecule has 0 aromatic heterocycles. The van der Waals surface area contributed by atoms with Crippen molar-refractivity contribution in [2.45, 2.75) is 0 Å². The summed E-state index contributed by atoms with van der Waals surface area (Å²) in [6.45, 7) is 0. The van der Waals surface area contributed by atoms with Crippen LogP contribution in [0.5, 0.6) is 0 Å². The van der Waals surface area contributed by atoms with Crippen LogP contribution in [0.4, 0.5) is 0 Å². The van der Waals surface area contributed by atoms with Gasteiger partial charge in [0.25, 0.3) is 0 Å². The van der Waals surface area contributed by atoms with Gasteiger partial charge < -0.3 is 0 Å². The molecule has 4 heteroatoms. The smallest absolute Gasteiger partial charge is 0.130 e. The molecule has 0 aliphatic rings. The van der Waals surface area contributed by atoms with Gasteiger partial charge in [-0.15, -0.1) is 0 Å². The Hall–Kier alpha value is -0.240. The van der Waals surface area contributed by atoms with Crippen molar-refractivity contribution in [2.24, 2.45) is 5.84 Å². The number of hydrogen-bond acceptors (Lipinski definition) is 4. The van der Waals surface area contributed by atoms with E-state index >= 15 is 0 Å². The minimum atomic E-state index is 1.44. The summed E-state index contributed by atoms with van der Waals surface area (Å²) >= 11 is 3.09. The van der Waals surface area contributed by atoms with Crippen molar-refractivity contribution in [1.29, 1.82) is 5.26 Å². The molecule has 0 fully saturated rings. The van der Waals surface area contributed by atoms with E-state index in [1.165, 1.54) is 5.40 Å². The first-order chi connectivity index (χ1) is 2.83. The van der Waals surface area contributed by atoms with Crippen LogP contribution in [0.15, 0.2) is 0 Å². The third kappa shape index (κ3) is 497. The van der Waals surface area contributed by atoms with Gasteiger partial charge in [-0.25, -0.2) is 0 Å². The van der Waals surface area contributed by atoms with E-state index in [4.69, 9.17) is 5.26 Å². The van der Waals surface area contributed by atoms with Crippen LogP contribution in [0.1, 0.15) is 0 Å². The highest BCUT2D eigenvalue weighted by Crippen LogP contribution is 1.46. The molecule has 0 saturated carbocycles. The summed E-state index contributed by atoms with van der Waals surface area (Å²) in [5.74, 6) is 4.60. The Morgan fingerprint density at radius 3 is 2.00 bits per heavy atom. The molecule has 0 rings (SSSR count). The molecule has 0 unspecified atom stereocenters. The Morgan fingerprint density at radius 2 is 2.00 bits per heavy atom. The normalized spacial score (nSPS) is 4.33. The van der Waals surface area contributed by atoms with Crippen LogP contribution in [-0.2, 0) is 0 Å². The lowest BCUT2D eigenvalue weighted by molar-refractivity contribution is 0.900. The molecule has 0 amide bonds. The lowest BCUT2D eigenvalue weighted by atomic mass is 11.5. The Balaban J connectivity index is 0. The van der Waals surface area contributed by atoms with Crippen molar-refractivity contribution in [3.05, 3.63) is 0 Å². The van der Waals surface area contributed by atoms with Crippen LogP contribution in [0.3, 0.4) is 0 Å². The predicted octanol–water partition coefficient (Wildman–Crippen LogP) is -0.523. The minimum Gasteiger partial charge on any atom is -0.272 e. The molecule has 3 nitrogen and oxygen atoms in total. The number of nitrogens with one attached hydrogen (secondary N) is 1. The van der Waals surface area contributed by atoms with E-state index < -0.39 is 0 Å². The lowest BCUT2D eigenvalue weighted by Crippen LogP contribution is -2.13. The number of hydrogen-bond donors (Lipinski definition) is 3. The second-order valence-electron chi connectivity index (χ2n) is 0.389. The summed E-state index contributed by atoms with van der Waals surface area (Å²) in [4.78, 5) is 0. The van der Waals surface area contributed by atoms with E-state index in [0.717, 1.165) is 0 Å². The second kappa shape index (κ2) is 21.7. The number of nitrogens with two attached hydrogens (primary N) is 1. The summed E-state index contributed by atoms with van der Waals surface area (Å²) in [5.41, 5.74) is 2.25. The fourth-order valence-corrected chi connectivity index (χ4v) is 0. The minimum absolute atomic E-state index is 1.44. The molecular weight excluding hydrogens is 98.1 g/mol. The topological polar surface area (TPSA) is 61.8 Å². The monoisotopic (exact) mass is 105 g/mol. The molecule has 0 bridgehead atoms. The first-order valence-electron chi connectivity index (χ1n) is 1.24. The molecule has 0 aromatic carbocycles.